The predicted molar refractivity (Wildman–Crippen MR) is 132 cm³/mol. The smallest absolute Gasteiger partial charge is 0.409 e. The average molecular weight is 521 g/mol. The fraction of sp³-hybridized carbons (Fsp3) is 0.435. The number of carbonyl (C=O) groups is 3. The van der Waals surface area contributed by atoms with E-state index in [0.717, 1.165) is 23.3 Å². The Labute approximate surface area is 208 Å². The number of nitrogens with zero attached hydrogens (tertiary/aromatic N) is 2. The average Bonchev–Trinajstić information content (AvgIpc) is 3.43. The summed E-state index contributed by atoms with van der Waals surface area (Å²) < 4.78 is 32.6. The van der Waals surface area contributed by atoms with Crippen molar-refractivity contribution in [3.63, 3.8) is 0 Å². The van der Waals surface area contributed by atoms with E-state index in [1.807, 2.05) is 0 Å². The Bertz CT molecular complexity index is 1190. The van der Waals surface area contributed by atoms with Crippen molar-refractivity contribution < 1.29 is 27.5 Å². The molecular weight excluding hydrogens is 492 g/mol. The summed E-state index contributed by atoms with van der Waals surface area (Å²) in [4.78, 5) is 38.0. The molecule has 4 rings (SSSR count). The Morgan fingerprint density at radius 2 is 1.89 bits per heavy atom. The van der Waals surface area contributed by atoms with E-state index in [1.54, 1.807) is 40.6 Å². The highest BCUT2D eigenvalue weighted by atomic mass is 32.2. The number of piperidine rings is 1. The van der Waals surface area contributed by atoms with E-state index in [1.165, 1.54) is 11.4 Å². The Kier molecular flexibility index (Phi) is 7.60. The van der Waals surface area contributed by atoms with Crippen molar-refractivity contribution in [2.45, 2.75) is 29.9 Å². The molecule has 2 aliphatic rings. The summed E-state index contributed by atoms with van der Waals surface area (Å²) in [6.07, 6.45) is 2.48. The van der Waals surface area contributed by atoms with Crippen molar-refractivity contribution in [1.29, 1.82) is 0 Å². The van der Waals surface area contributed by atoms with Gasteiger partial charge in [0.05, 0.1) is 12.8 Å². The van der Waals surface area contributed by atoms with Crippen LogP contribution in [0.15, 0.2) is 39.9 Å². The molecule has 0 bridgehead atoms. The summed E-state index contributed by atoms with van der Waals surface area (Å²) in [6.45, 7) is 1.76. The quantitative estimate of drug-likeness (QED) is 0.584. The standard InChI is InChI=1S/C23H28N4O6S2/c1-33-23(30)26-11-8-16(9-12-26)15-24-21(28)22(29)25-18-7-6-17-4-2-10-27(19(17)14-18)35(31,32)20-5-3-13-34-20/h3,5-7,13-14,16H,2,4,8-12,15H2,1H3,(H,24,28)(H,25,29). The number of anilines is 2. The van der Waals surface area contributed by atoms with Crippen molar-refractivity contribution in [2.24, 2.45) is 5.92 Å². The number of thiophene rings is 1. The Morgan fingerprint density at radius 3 is 2.57 bits per heavy atom. The minimum atomic E-state index is -3.70. The molecule has 1 fully saturated rings. The normalized spacial score (nSPS) is 16.4. The number of fused-ring (bicyclic) bond motifs is 1. The van der Waals surface area contributed by atoms with E-state index in [-0.39, 0.29) is 16.2 Å². The van der Waals surface area contributed by atoms with Gasteiger partial charge in [-0.25, -0.2) is 13.2 Å². The molecule has 1 saturated heterocycles. The summed E-state index contributed by atoms with van der Waals surface area (Å²) in [6, 6.07) is 8.33. The van der Waals surface area contributed by atoms with Crippen LogP contribution in [0.1, 0.15) is 24.8 Å². The Balaban J connectivity index is 1.36. The minimum absolute atomic E-state index is 0.160. The number of hydrogen-bond donors (Lipinski definition) is 2. The molecule has 35 heavy (non-hydrogen) atoms. The van der Waals surface area contributed by atoms with Crippen molar-refractivity contribution in [1.82, 2.24) is 10.2 Å². The van der Waals surface area contributed by atoms with Crippen LogP contribution in [0.4, 0.5) is 16.2 Å². The van der Waals surface area contributed by atoms with Gasteiger partial charge >= 0.3 is 17.9 Å². The van der Waals surface area contributed by atoms with Gasteiger partial charge in [-0.3, -0.25) is 13.9 Å². The zero-order valence-electron chi connectivity index (χ0n) is 19.4. The molecule has 0 aliphatic carbocycles. The maximum Gasteiger partial charge on any atom is 0.409 e. The van der Waals surface area contributed by atoms with Gasteiger partial charge in [-0.1, -0.05) is 12.1 Å². The largest absolute Gasteiger partial charge is 0.453 e. The molecular formula is C23H28N4O6S2. The number of methoxy groups -OCH3 is 1. The SMILES string of the molecule is COC(=O)N1CCC(CNC(=O)C(=O)Nc2ccc3c(c2)N(S(=O)(=O)c2cccs2)CCC3)CC1. The third-order valence-electron chi connectivity index (χ3n) is 6.26. The van der Waals surface area contributed by atoms with Gasteiger partial charge in [0.1, 0.15) is 4.21 Å². The summed E-state index contributed by atoms with van der Waals surface area (Å²) >= 11 is 1.16. The molecule has 1 aromatic heterocycles. The molecule has 2 aliphatic heterocycles. The third kappa shape index (κ3) is 5.59. The van der Waals surface area contributed by atoms with Gasteiger partial charge in [-0.05, 0) is 60.7 Å². The molecule has 12 heteroatoms. The lowest BCUT2D eigenvalue weighted by Crippen LogP contribution is -2.43. The molecule has 0 unspecified atom stereocenters. The number of nitrogens with one attached hydrogen (secondary N) is 2. The van der Waals surface area contributed by atoms with Crippen molar-refractivity contribution >= 4 is 50.6 Å². The fourth-order valence-corrected chi connectivity index (χ4v) is 6.98. The number of rotatable bonds is 5. The zero-order chi connectivity index (χ0) is 25.0. The first-order valence-electron chi connectivity index (χ1n) is 11.4. The molecule has 0 saturated carbocycles. The lowest BCUT2D eigenvalue weighted by Gasteiger charge is -2.31. The van der Waals surface area contributed by atoms with Crippen LogP contribution in [0.3, 0.4) is 0 Å². The van der Waals surface area contributed by atoms with Crippen molar-refractivity contribution in [3.8, 4) is 0 Å². The van der Waals surface area contributed by atoms with Crippen LogP contribution in [0, 0.1) is 5.92 Å². The number of sulfonamides is 1. The van der Waals surface area contributed by atoms with E-state index >= 15 is 0 Å². The van der Waals surface area contributed by atoms with Crippen LogP contribution in [0.2, 0.25) is 0 Å². The van der Waals surface area contributed by atoms with Gasteiger partial charge in [0, 0.05) is 31.9 Å². The van der Waals surface area contributed by atoms with E-state index in [0.29, 0.717) is 56.8 Å². The summed E-state index contributed by atoms with van der Waals surface area (Å²) in [5, 5.41) is 6.95. The molecule has 0 radical (unpaired) electrons. The van der Waals surface area contributed by atoms with Crippen LogP contribution in [0.5, 0.6) is 0 Å². The third-order valence-corrected chi connectivity index (χ3v) is 9.45. The van der Waals surface area contributed by atoms with Crippen LogP contribution in [-0.2, 0) is 30.8 Å². The van der Waals surface area contributed by atoms with Gasteiger partial charge in [0.25, 0.3) is 10.0 Å². The zero-order valence-corrected chi connectivity index (χ0v) is 21.0. The Hall–Kier alpha value is -3.12. The number of carbonyl (C=O) groups excluding carboxylic acids is 3. The second kappa shape index (κ2) is 10.6. The second-order valence-electron chi connectivity index (χ2n) is 8.52. The molecule has 2 aromatic rings. The van der Waals surface area contributed by atoms with Gasteiger partial charge in [-0.15, -0.1) is 11.3 Å². The van der Waals surface area contributed by atoms with Gasteiger partial charge in [0.15, 0.2) is 0 Å². The monoisotopic (exact) mass is 520 g/mol. The van der Waals surface area contributed by atoms with E-state index in [2.05, 4.69) is 10.6 Å². The van der Waals surface area contributed by atoms with Crippen LogP contribution < -0.4 is 14.9 Å². The highest BCUT2D eigenvalue weighted by molar-refractivity contribution is 7.94. The fourth-order valence-electron chi connectivity index (χ4n) is 4.34. The second-order valence-corrected chi connectivity index (χ2v) is 11.6. The van der Waals surface area contributed by atoms with E-state index in [9.17, 15) is 22.8 Å². The number of likely N-dealkylation sites (tertiary alicyclic amines) is 1. The molecule has 2 N–H and O–H groups in total. The minimum Gasteiger partial charge on any atom is -0.453 e. The van der Waals surface area contributed by atoms with Crippen LogP contribution in [0.25, 0.3) is 0 Å². The highest BCUT2D eigenvalue weighted by Gasteiger charge is 2.30. The lowest BCUT2D eigenvalue weighted by atomic mass is 9.97. The molecule has 1 aromatic carbocycles. The number of aryl methyl sites for hydroxylation is 1. The molecule has 0 atom stereocenters. The molecule has 3 heterocycles. The Morgan fingerprint density at radius 1 is 1.11 bits per heavy atom. The maximum absolute atomic E-state index is 13.1. The van der Waals surface area contributed by atoms with Gasteiger partial charge in [-0.2, -0.15) is 0 Å². The first-order valence-corrected chi connectivity index (χ1v) is 13.7. The summed E-state index contributed by atoms with van der Waals surface area (Å²) in [5.74, 6) is -1.42. The molecule has 3 amide bonds. The lowest BCUT2D eigenvalue weighted by molar-refractivity contribution is -0.136. The number of hydrogen-bond acceptors (Lipinski definition) is 7. The molecule has 0 spiro atoms. The molecule has 188 valence electrons. The summed E-state index contributed by atoms with van der Waals surface area (Å²) in [7, 11) is -2.36. The van der Waals surface area contributed by atoms with Crippen molar-refractivity contribution in [3.05, 3.63) is 41.3 Å². The number of amides is 3. The number of ether oxygens (including phenoxy) is 1. The van der Waals surface area contributed by atoms with E-state index < -0.39 is 21.8 Å². The highest BCUT2D eigenvalue weighted by Crippen LogP contribution is 2.35. The van der Waals surface area contributed by atoms with Crippen LogP contribution in [-0.4, -0.2) is 64.5 Å². The van der Waals surface area contributed by atoms with Crippen LogP contribution >= 0.6 is 11.3 Å². The topological polar surface area (TPSA) is 125 Å². The summed E-state index contributed by atoms with van der Waals surface area (Å²) in [5.41, 5.74) is 1.74. The molecule has 10 nitrogen and oxygen atoms in total. The first kappa shape index (κ1) is 25.0. The van der Waals surface area contributed by atoms with E-state index in [4.69, 9.17) is 4.74 Å². The van der Waals surface area contributed by atoms with Gasteiger partial charge < -0.3 is 20.3 Å². The first-order chi connectivity index (χ1) is 16.8. The maximum atomic E-state index is 13.1. The van der Waals surface area contributed by atoms with Crippen molar-refractivity contribution in [2.75, 3.05) is 42.9 Å². The predicted octanol–water partition coefficient (Wildman–Crippen LogP) is 2.42. The number of benzene rings is 1. The van der Waals surface area contributed by atoms with Gasteiger partial charge in [0.2, 0.25) is 0 Å².